The average Bonchev–Trinajstić information content (AvgIpc) is 2.65. The minimum Gasteiger partial charge on any atom is -0.480 e. The molecular weight excluding hydrogens is 218 g/mol. The molecule has 0 aliphatic carbocycles. The minimum atomic E-state index is -0.996. The lowest BCUT2D eigenvalue weighted by atomic mass is 10.4. The van der Waals surface area contributed by atoms with Crippen LogP contribution in [0.1, 0.15) is 18.6 Å². The summed E-state index contributed by atoms with van der Waals surface area (Å²) in [6, 6.07) is -0.840. The van der Waals surface area contributed by atoms with Crippen LogP contribution in [0, 0.1) is 0 Å². The third kappa shape index (κ3) is 3.88. The van der Waals surface area contributed by atoms with Gasteiger partial charge in [0.2, 0.25) is 5.89 Å². The Labute approximate surface area is 91.2 Å². The molecule has 0 aliphatic rings. The van der Waals surface area contributed by atoms with E-state index < -0.39 is 12.0 Å². The Kier molecular flexibility index (Phi) is 4.57. The van der Waals surface area contributed by atoms with Crippen LogP contribution in [-0.2, 0) is 17.0 Å². The van der Waals surface area contributed by atoms with Gasteiger partial charge in [-0.05, 0) is 0 Å². The van der Waals surface area contributed by atoms with Gasteiger partial charge < -0.3 is 15.4 Å². The average molecular weight is 231 g/mol. The van der Waals surface area contributed by atoms with E-state index >= 15 is 0 Å². The maximum Gasteiger partial charge on any atom is 0.321 e. The van der Waals surface area contributed by atoms with Crippen LogP contribution in [0.2, 0.25) is 0 Å². The number of carbonyl (C=O) groups is 1. The molecular formula is C8H13N3O3S. The summed E-state index contributed by atoms with van der Waals surface area (Å²) >= 11 is 1.38. The second-order valence-electron chi connectivity index (χ2n) is 2.92. The molecule has 1 rings (SSSR count). The number of hydrogen-bond donors (Lipinski definition) is 2. The lowest BCUT2D eigenvalue weighted by molar-refractivity contribution is -0.137. The predicted molar refractivity (Wildman–Crippen MR) is 55.4 cm³/mol. The third-order valence-corrected chi connectivity index (χ3v) is 2.72. The number of aliphatic carboxylic acids is 1. The summed E-state index contributed by atoms with van der Waals surface area (Å²) in [6.07, 6.45) is 0.701. The minimum absolute atomic E-state index is 0.339. The van der Waals surface area contributed by atoms with E-state index in [-0.39, 0.29) is 0 Å². The van der Waals surface area contributed by atoms with Gasteiger partial charge in [0.1, 0.15) is 6.04 Å². The van der Waals surface area contributed by atoms with Crippen molar-refractivity contribution in [3.05, 3.63) is 11.7 Å². The van der Waals surface area contributed by atoms with Crippen LogP contribution in [0.15, 0.2) is 4.52 Å². The summed E-state index contributed by atoms with van der Waals surface area (Å²) < 4.78 is 4.90. The van der Waals surface area contributed by atoms with Gasteiger partial charge in [0.05, 0.1) is 5.75 Å². The van der Waals surface area contributed by atoms with Crippen LogP contribution in [0.5, 0.6) is 0 Å². The van der Waals surface area contributed by atoms with Gasteiger partial charge in [-0.3, -0.25) is 4.79 Å². The normalized spacial score (nSPS) is 12.7. The van der Waals surface area contributed by atoms with Crippen molar-refractivity contribution >= 4 is 17.7 Å². The lowest BCUT2D eigenvalue weighted by Gasteiger charge is -2.03. The molecule has 0 saturated heterocycles. The molecule has 0 amide bonds. The summed E-state index contributed by atoms with van der Waals surface area (Å²) in [6.45, 7) is 1.92. The van der Waals surface area contributed by atoms with Crippen LogP contribution in [0.3, 0.4) is 0 Å². The molecule has 1 atom stereocenters. The fourth-order valence-electron chi connectivity index (χ4n) is 0.841. The van der Waals surface area contributed by atoms with Crippen molar-refractivity contribution in [3.8, 4) is 0 Å². The molecule has 0 spiro atoms. The Morgan fingerprint density at radius 1 is 1.73 bits per heavy atom. The van der Waals surface area contributed by atoms with Crippen LogP contribution in [0.25, 0.3) is 0 Å². The molecule has 1 aromatic rings. The molecule has 0 saturated carbocycles. The lowest BCUT2D eigenvalue weighted by Crippen LogP contribution is -2.32. The zero-order chi connectivity index (χ0) is 11.3. The van der Waals surface area contributed by atoms with Crippen molar-refractivity contribution in [1.82, 2.24) is 10.1 Å². The largest absolute Gasteiger partial charge is 0.480 e. The maximum absolute atomic E-state index is 10.4. The second-order valence-corrected chi connectivity index (χ2v) is 3.95. The van der Waals surface area contributed by atoms with Gasteiger partial charge in [0, 0.05) is 12.2 Å². The van der Waals surface area contributed by atoms with Gasteiger partial charge >= 0.3 is 5.97 Å². The molecule has 0 unspecified atom stereocenters. The van der Waals surface area contributed by atoms with Gasteiger partial charge in [-0.25, -0.2) is 0 Å². The molecule has 1 aromatic heterocycles. The van der Waals surface area contributed by atoms with Crippen LogP contribution in [-0.4, -0.2) is 33.0 Å². The second kappa shape index (κ2) is 5.72. The molecule has 0 radical (unpaired) electrons. The van der Waals surface area contributed by atoms with Crippen molar-refractivity contribution < 1.29 is 14.4 Å². The molecule has 7 heteroatoms. The highest BCUT2D eigenvalue weighted by Crippen LogP contribution is 2.10. The summed E-state index contributed by atoms with van der Waals surface area (Å²) in [5, 5.41) is 12.3. The number of aromatic nitrogens is 2. The smallest absolute Gasteiger partial charge is 0.321 e. The van der Waals surface area contributed by atoms with Crippen LogP contribution >= 0.6 is 11.8 Å². The number of thioether (sulfide) groups is 1. The fourth-order valence-corrected chi connectivity index (χ4v) is 1.66. The van der Waals surface area contributed by atoms with Crippen molar-refractivity contribution in [3.63, 3.8) is 0 Å². The summed E-state index contributed by atoms with van der Waals surface area (Å²) in [4.78, 5) is 14.5. The van der Waals surface area contributed by atoms with Crippen molar-refractivity contribution in [2.45, 2.75) is 25.1 Å². The molecule has 0 fully saturated rings. The third-order valence-electron chi connectivity index (χ3n) is 1.66. The number of nitrogens with two attached hydrogens (primary N) is 1. The number of aryl methyl sites for hydroxylation is 1. The quantitative estimate of drug-likeness (QED) is 0.724. The number of carboxylic acid groups (broad SMARTS) is 1. The van der Waals surface area contributed by atoms with E-state index in [1.165, 1.54) is 11.8 Å². The maximum atomic E-state index is 10.4. The Morgan fingerprint density at radius 2 is 2.47 bits per heavy atom. The predicted octanol–water partition coefficient (Wildman–Crippen LogP) is 0.277. The van der Waals surface area contributed by atoms with Gasteiger partial charge in [0.15, 0.2) is 5.82 Å². The van der Waals surface area contributed by atoms with E-state index in [9.17, 15) is 4.79 Å². The van der Waals surface area contributed by atoms with E-state index in [4.69, 9.17) is 15.4 Å². The summed E-state index contributed by atoms with van der Waals surface area (Å²) in [7, 11) is 0. The summed E-state index contributed by atoms with van der Waals surface area (Å²) in [5.41, 5.74) is 5.33. The standard InChI is InChI=1S/C8H13N3O3S/c1-2-7-10-6(11-14-7)4-15-3-5(9)8(12)13/h5H,2-4,9H2,1H3,(H,12,13)/t5-/m0/s1. The van der Waals surface area contributed by atoms with Crippen molar-refractivity contribution in [2.75, 3.05) is 5.75 Å². The van der Waals surface area contributed by atoms with Gasteiger partial charge in [-0.15, -0.1) is 0 Å². The zero-order valence-electron chi connectivity index (χ0n) is 8.34. The van der Waals surface area contributed by atoms with E-state index in [2.05, 4.69) is 10.1 Å². The van der Waals surface area contributed by atoms with E-state index in [0.29, 0.717) is 29.6 Å². The summed E-state index contributed by atoms with van der Waals surface area (Å²) in [5.74, 6) is 1.03. The van der Waals surface area contributed by atoms with E-state index in [1.807, 2.05) is 6.92 Å². The van der Waals surface area contributed by atoms with Crippen molar-refractivity contribution in [2.24, 2.45) is 5.73 Å². The molecule has 15 heavy (non-hydrogen) atoms. The Bertz CT molecular complexity index is 329. The number of rotatable bonds is 6. The molecule has 0 aromatic carbocycles. The molecule has 3 N–H and O–H groups in total. The first-order valence-corrected chi connectivity index (χ1v) is 5.66. The van der Waals surface area contributed by atoms with Crippen molar-refractivity contribution in [1.29, 1.82) is 0 Å². The van der Waals surface area contributed by atoms with Gasteiger partial charge in [-0.2, -0.15) is 16.7 Å². The fraction of sp³-hybridized carbons (Fsp3) is 0.625. The highest BCUT2D eigenvalue weighted by molar-refractivity contribution is 7.98. The Balaban J connectivity index is 2.28. The van der Waals surface area contributed by atoms with Gasteiger partial charge in [-0.1, -0.05) is 12.1 Å². The van der Waals surface area contributed by atoms with Gasteiger partial charge in [0.25, 0.3) is 0 Å². The molecule has 1 heterocycles. The monoisotopic (exact) mass is 231 g/mol. The molecule has 84 valence electrons. The SMILES string of the molecule is CCc1nc(CSC[C@H](N)C(=O)O)no1. The van der Waals surface area contributed by atoms with Crippen LogP contribution in [0.4, 0.5) is 0 Å². The molecule has 0 aliphatic heterocycles. The first-order chi connectivity index (χ1) is 7.13. The number of hydrogen-bond acceptors (Lipinski definition) is 6. The molecule has 6 nitrogen and oxygen atoms in total. The van der Waals surface area contributed by atoms with Crippen LogP contribution < -0.4 is 5.73 Å². The topological polar surface area (TPSA) is 102 Å². The number of nitrogens with zero attached hydrogens (tertiary/aromatic N) is 2. The highest BCUT2D eigenvalue weighted by Gasteiger charge is 2.12. The highest BCUT2D eigenvalue weighted by atomic mass is 32.2. The first-order valence-electron chi connectivity index (χ1n) is 4.51. The first kappa shape index (κ1) is 12.0. The Hall–Kier alpha value is -1.08. The number of carboxylic acids is 1. The van der Waals surface area contributed by atoms with E-state index in [1.54, 1.807) is 0 Å². The zero-order valence-corrected chi connectivity index (χ0v) is 9.16. The van der Waals surface area contributed by atoms with E-state index in [0.717, 1.165) is 0 Å². The Morgan fingerprint density at radius 3 is 3.00 bits per heavy atom. The molecule has 0 bridgehead atoms.